The molecule has 2 aliphatic heterocycles. The third-order valence-electron chi connectivity index (χ3n) is 17.0. The van der Waals surface area contributed by atoms with Crippen molar-refractivity contribution < 1.29 is 4.42 Å². The third kappa shape index (κ3) is 5.53. The summed E-state index contributed by atoms with van der Waals surface area (Å²) in [5.74, 6) is 0. The van der Waals surface area contributed by atoms with Crippen molar-refractivity contribution >= 4 is 68.6 Å². The second-order valence-electron chi connectivity index (χ2n) is 22.1. The summed E-state index contributed by atoms with van der Waals surface area (Å²) in [6, 6.07) is 70.3. The van der Waals surface area contributed by atoms with Crippen LogP contribution >= 0.6 is 0 Å². The van der Waals surface area contributed by atoms with Gasteiger partial charge in [-0.2, -0.15) is 0 Å². The number of hydrogen-bond acceptors (Lipinski definition) is 3. The molecular weight excluding hydrogens is 848 g/mol. The van der Waals surface area contributed by atoms with E-state index in [1.807, 2.05) is 0 Å². The van der Waals surface area contributed by atoms with E-state index in [0.29, 0.717) is 0 Å². The molecule has 0 spiro atoms. The molecule has 0 saturated heterocycles. The highest BCUT2D eigenvalue weighted by Gasteiger charge is 2.50. The number of furan rings is 1. The van der Waals surface area contributed by atoms with Crippen molar-refractivity contribution in [1.82, 2.24) is 0 Å². The zero-order valence-electron chi connectivity index (χ0n) is 40.7. The summed E-state index contributed by atoms with van der Waals surface area (Å²) in [5.41, 5.74) is 24.6. The van der Waals surface area contributed by atoms with Crippen LogP contribution in [0.15, 0.2) is 192 Å². The Morgan fingerprint density at radius 1 is 0.500 bits per heavy atom. The molecule has 70 heavy (non-hydrogen) atoms. The molecular formula is C66H54BN2O. The van der Waals surface area contributed by atoms with E-state index in [9.17, 15) is 0 Å². The highest BCUT2D eigenvalue weighted by Crippen LogP contribution is 2.60. The lowest BCUT2D eigenvalue weighted by Crippen LogP contribution is -2.47. The zero-order valence-corrected chi connectivity index (χ0v) is 40.7. The van der Waals surface area contributed by atoms with Crippen LogP contribution in [0.3, 0.4) is 0 Å². The number of hydrogen-bond donors (Lipinski definition) is 1. The molecule has 4 aliphatic rings. The Morgan fingerprint density at radius 3 is 1.93 bits per heavy atom. The highest BCUT2D eigenvalue weighted by molar-refractivity contribution is 6.74. The molecule has 10 aromatic rings. The molecule has 1 aromatic heterocycles. The van der Waals surface area contributed by atoms with Crippen LogP contribution in [0.1, 0.15) is 98.9 Å². The van der Waals surface area contributed by atoms with Crippen LogP contribution in [-0.4, -0.2) is 7.28 Å². The molecule has 1 N–H and O–H groups in total. The van der Waals surface area contributed by atoms with Gasteiger partial charge in [0.15, 0.2) is 12.9 Å². The van der Waals surface area contributed by atoms with Crippen molar-refractivity contribution in [3.63, 3.8) is 0 Å². The van der Waals surface area contributed by atoms with Crippen LogP contribution in [0.2, 0.25) is 0 Å². The van der Waals surface area contributed by atoms with Crippen molar-refractivity contribution in [3.05, 3.63) is 233 Å². The molecule has 3 heterocycles. The van der Waals surface area contributed by atoms with Gasteiger partial charge in [-0.3, -0.25) is 0 Å². The lowest BCUT2D eigenvalue weighted by molar-refractivity contribution is 0.332. The van der Waals surface area contributed by atoms with Gasteiger partial charge in [-0.25, -0.2) is 0 Å². The van der Waals surface area contributed by atoms with E-state index >= 15 is 0 Å². The Balaban J connectivity index is 1.09. The first kappa shape index (κ1) is 41.4. The lowest BCUT2D eigenvalue weighted by atomic mass is 9.54. The van der Waals surface area contributed by atoms with E-state index in [-0.39, 0.29) is 16.2 Å². The monoisotopic (exact) mass is 901 g/mol. The van der Waals surface area contributed by atoms with E-state index in [0.717, 1.165) is 56.6 Å². The van der Waals surface area contributed by atoms with Gasteiger partial charge in [0.1, 0.15) is 5.58 Å². The van der Waals surface area contributed by atoms with Gasteiger partial charge in [0.2, 0.25) is 0 Å². The number of rotatable bonds is 5. The van der Waals surface area contributed by atoms with E-state index < -0.39 is 5.41 Å². The Labute approximate surface area is 412 Å². The van der Waals surface area contributed by atoms with Crippen molar-refractivity contribution in [1.29, 1.82) is 0 Å². The first-order valence-electron chi connectivity index (χ1n) is 25.1. The quantitative estimate of drug-likeness (QED) is 0.175. The molecule has 1 radical (unpaired) electrons. The molecule has 337 valence electrons. The Kier molecular flexibility index (Phi) is 8.58. The molecule has 4 heteroatoms. The number of fused-ring (bicyclic) bond motifs is 12. The maximum absolute atomic E-state index is 7.21. The molecule has 0 bridgehead atoms. The summed E-state index contributed by atoms with van der Waals surface area (Å²) in [6.07, 6.45) is 2.34. The second-order valence-corrected chi connectivity index (χ2v) is 22.1. The van der Waals surface area contributed by atoms with Crippen LogP contribution in [0.5, 0.6) is 0 Å². The van der Waals surface area contributed by atoms with Gasteiger partial charge in [0, 0.05) is 38.8 Å². The van der Waals surface area contributed by atoms with Gasteiger partial charge in [0.05, 0.1) is 16.8 Å². The number of benzene rings is 9. The average molecular weight is 902 g/mol. The standard InChI is InChI=1S/C66H54BN2O/c1-63(2)36-37-64(3,4)52-38-42(32-34-49(52)63)68-54-35-33-45-43-24-13-15-26-48(43)65(5,6)58(45)57(54)47-39-46-44-25-14-18-31-56(44)70-62(46)61-59(47)67-53-29-19-28-51-60(53)69(61)55-30-17-16-27-50(55)66(51,40-20-9-7-10-21-40)41-22-11-8-12-23-41/h7-35,38-39,68H,36-37H2,1-6H3. The summed E-state index contributed by atoms with van der Waals surface area (Å²) in [6.45, 7) is 14.5. The summed E-state index contributed by atoms with van der Waals surface area (Å²) in [7, 11) is 2.48. The van der Waals surface area contributed by atoms with E-state index in [1.54, 1.807) is 0 Å². The average Bonchev–Trinajstić information content (AvgIpc) is 3.87. The van der Waals surface area contributed by atoms with E-state index in [4.69, 9.17) is 4.42 Å². The Hall–Kier alpha value is -7.56. The Morgan fingerprint density at radius 2 is 1.16 bits per heavy atom. The maximum Gasteiger partial charge on any atom is 0.198 e. The summed E-state index contributed by atoms with van der Waals surface area (Å²) < 4.78 is 7.21. The van der Waals surface area contributed by atoms with Crippen molar-refractivity contribution in [3.8, 4) is 22.3 Å². The van der Waals surface area contributed by atoms with Crippen molar-refractivity contribution in [2.24, 2.45) is 0 Å². The normalized spacial score (nSPS) is 16.9. The van der Waals surface area contributed by atoms with E-state index in [2.05, 4.69) is 247 Å². The SMILES string of the molecule is CC1(C)CCC(C)(C)c2cc(Nc3ccc4c(c3-c3cc5c(oc6ccccc65)c5c3[B]c3cccc6c3N5c3ccccc3C6(c3ccccc3)c3ccccc3)C(C)(C)c3ccccc3-4)ccc21. The fraction of sp³-hybridized carbons (Fsp3) is 0.182. The molecule has 3 nitrogen and oxygen atoms in total. The summed E-state index contributed by atoms with van der Waals surface area (Å²) in [5, 5.41) is 6.36. The largest absolute Gasteiger partial charge is 0.454 e. The van der Waals surface area contributed by atoms with Gasteiger partial charge in [0.25, 0.3) is 0 Å². The number of nitrogens with zero attached hydrogens (tertiary/aromatic N) is 1. The predicted octanol–water partition coefficient (Wildman–Crippen LogP) is 15.8. The maximum atomic E-state index is 7.21. The van der Waals surface area contributed by atoms with Crippen molar-refractivity contribution in [2.45, 2.75) is 76.0 Å². The van der Waals surface area contributed by atoms with Crippen LogP contribution in [-0.2, 0) is 21.7 Å². The lowest BCUT2D eigenvalue weighted by Gasteiger charge is -2.49. The first-order valence-corrected chi connectivity index (χ1v) is 25.1. The molecule has 2 aliphatic carbocycles. The van der Waals surface area contributed by atoms with Crippen LogP contribution in [0.4, 0.5) is 28.4 Å². The van der Waals surface area contributed by atoms with Gasteiger partial charge >= 0.3 is 0 Å². The van der Waals surface area contributed by atoms with Gasteiger partial charge in [-0.15, -0.1) is 0 Å². The predicted molar refractivity (Wildman–Crippen MR) is 293 cm³/mol. The fourth-order valence-electron chi connectivity index (χ4n) is 13.5. The van der Waals surface area contributed by atoms with Crippen LogP contribution < -0.4 is 21.1 Å². The number of anilines is 5. The summed E-state index contributed by atoms with van der Waals surface area (Å²) in [4.78, 5) is 2.57. The van der Waals surface area contributed by atoms with Gasteiger partial charge < -0.3 is 14.6 Å². The second kappa shape index (κ2) is 14.5. The zero-order chi connectivity index (χ0) is 47.3. The Bertz CT molecular complexity index is 3780. The van der Waals surface area contributed by atoms with Crippen LogP contribution in [0, 0.1) is 0 Å². The smallest absolute Gasteiger partial charge is 0.198 e. The molecule has 0 fully saturated rings. The van der Waals surface area contributed by atoms with Gasteiger partial charge in [-0.1, -0.05) is 199 Å². The topological polar surface area (TPSA) is 28.4 Å². The van der Waals surface area contributed by atoms with Crippen LogP contribution in [0.25, 0.3) is 44.2 Å². The number of nitrogens with one attached hydrogen (secondary N) is 1. The minimum Gasteiger partial charge on any atom is -0.454 e. The number of para-hydroxylation sites is 3. The third-order valence-corrected chi connectivity index (χ3v) is 17.0. The summed E-state index contributed by atoms with van der Waals surface area (Å²) >= 11 is 0. The fourth-order valence-corrected chi connectivity index (χ4v) is 13.5. The molecule has 0 amide bonds. The minimum atomic E-state index is -0.595. The highest BCUT2D eigenvalue weighted by atomic mass is 16.3. The molecule has 0 unspecified atom stereocenters. The molecule has 0 atom stereocenters. The molecule has 9 aromatic carbocycles. The van der Waals surface area contributed by atoms with Crippen molar-refractivity contribution in [2.75, 3.05) is 10.2 Å². The minimum absolute atomic E-state index is 0.0734. The van der Waals surface area contributed by atoms with E-state index in [1.165, 1.54) is 84.3 Å². The molecule has 0 saturated carbocycles. The molecule has 14 rings (SSSR count). The first-order chi connectivity index (χ1) is 34.0. The van der Waals surface area contributed by atoms with Gasteiger partial charge in [-0.05, 0) is 127 Å².